The van der Waals surface area contributed by atoms with E-state index in [0.717, 1.165) is 19.3 Å². The lowest BCUT2D eigenvalue weighted by Gasteiger charge is -2.07. The first-order valence-corrected chi connectivity index (χ1v) is 7.67. The van der Waals surface area contributed by atoms with Gasteiger partial charge in [0, 0.05) is 32.0 Å². The predicted molar refractivity (Wildman–Crippen MR) is 79.8 cm³/mol. The maximum Gasteiger partial charge on any atom is 0.160 e. The Kier molecular flexibility index (Phi) is 11.6. The van der Waals surface area contributed by atoms with E-state index in [1.807, 2.05) is 27.7 Å². The first kappa shape index (κ1) is 19.3. The molecule has 20 heavy (non-hydrogen) atoms. The van der Waals surface area contributed by atoms with Gasteiger partial charge < -0.3 is 9.47 Å². The lowest BCUT2D eigenvalue weighted by Crippen LogP contribution is -2.15. The average molecular weight is 286 g/mol. The van der Waals surface area contributed by atoms with Gasteiger partial charge in [0.15, 0.2) is 5.78 Å². The van der Waals surface area contributed by atoms with Crippen molar-refractivity contribution >= 4 is 11.6 Å². The fourth-order valence-electron chi connectivity index (χ4n) is 1.58. The Labute approximate surface area is 123 Å². The van der Waals surface area contributed by atoms with Crippen molar-refractivity contribution in [2.45, 2.75) is 65.9 Å². The van der Waals surface area contributed by atoms with Crippen molar-refractivity contribution in [1.29, 1.82) is 0 Å². The molecule has 0 heterocycles. The van der Waals surface area contributed by atoms with E-state index in [2.05, 4.69) is 0 Å². The molecule has 0 spiro atoms. The van der Waals surface area contributed by atoms with E-state index < -0.39 is 0 Å². The molecule has 0 radical (unpaired) electrons. The van der Waals surface area contributed by atoms with Crippen molar-refractivity contribution in [3.05, 3.63) is 0 Å². The molecule has 0 unspecified atom stereocenters. The fourth-order valence-corrected chi connectivity index (χ4v) is 1.58. The molecule has 0 bridgehead atoms. The summed E-state index contributed by atoms with van der Waals surface area (Å²) in [7, 11) is 0. The molecule has 0 saturated carbocycles. The van der Waals surface area contributed by atoms with Crippen LogP contribution in [-0.2, 0) is 19.1 Å². The SMILES string of the molecule is CC(C)OCCCC(=O)CCCCOCC(=O)C(C)C. The summed E-state index contributed by atoms with van der Waals surface area (Å²) in [6, 6.07) is 0. The minimum Gasteiger partial charge on any atom is -0.379 e. The molecule has 4 nitrogen and oxygen atoms in total. The number of ketones is 2. The third-order valence-electron chi connectivity index (χ3n) is 2.93. The minimum atomic E-state index is 0.0321. The van der Waals surface area contributed by atoms with Gasteiger partial charge >= 0.3 is 0 Å². The van der Waals surface area contributed by atoms with E-state index in [0.29, 0.717) is 26.1 Å². The number of Topliss-reactive ketones (excluding diaryl/α,β-unsaturated/α-hetero) is 2. The van der Waals surface area contributed by atoms with Gasteiger partial charge in [-0.05, 0) is 33.1 Å². The summed E-state index contributed by atoms with van der Waals surface area (Å²) in [6.07, 6.45) is 3.90. The lowest BCUT2D eigenvalue weighted by atomic mass is 10.1. The Morgan fingerprint density at radius 2 is 1.55 bits per heavy atom. The number of hydrogen-bond acceptors (Lipinski definition) is 4. The molecule has 118 valence electrons. The Morgan fingerprint density at radius 3 is 2.15 bits per heavy atom. The summed E-state index contributed by atoms with van der Waals surface area (Å²) in [5.41, 5.74) is 0. The molecule has 0 atom stereocenters. The molecule has 0 amide bonds. The highest BCUT2D eigenvalue weighted by Crippen LogP contribution is 2.03. The van der Waals surface area contributed by atoms with Crippen LogP contribution in [0, 0.1) is 5.92 Å². The van der Waals surface area contributed by atoms with Gasteiger partial charge in [0.2, 0.25) is 0 Å². The van der Waals surface area contributed by atoms with E-state index in [1.165, 1.54) is 0 Å². The van der Waals surface area contributed by atoms with Crippen LogP contribution in [-0.4, -0.2) is 37.5 Å². The highest BCUT2D eigenvalue weighted by atomic mass is 16.5. The van der Waals surface area contributed by atoms with Crippen LogP contribution in [0.3, 0.4) is 0 Å². The molecule has 0 aromatic rings. The number of rotatable bonds is 13. The molecule has 0 rings (SSSR count). The van der Waals surface area contributed by atoms with Crippen molar-refractivity contribution in [3.8, 4) is 0 Å². The molecule has 0 aliphatic carbocycles. The van der Waals surface area contributed by atoms with Crippen LogP contribution < -0.4 is 0 Å². The van der Waals surface area contributed by atoms with Crippen LogP contribution >= 0.6 is 0 Å². The lowest BCUT2D eigenvalue weighted by molar-refractivity contribution is -0.126. The van der Waals surface area contributed by atoms with Crippen molar-refractivity contribution in [3.63, 3.8) is 0 Å². The molecular formula is C16H30O4. The van der Waals surface area contributed by atoms with Crippen LogP contribution in [0.1, 0.15) is 59.8 Å². The molecule has 4 heteroatoms. The summed E-state index contributed by atoms with van der Waals surface area (Å²) in [5, 5.41) is 0. The molecular weight excluding hydrogens is 256 g/mol. The molecule has 0 saturated heterocycles. The highest BCUT2D eigenvalue weighted by Gasteiger charge is 2.07. The van der Waals surface area contributed by atoms with Crippen molar-refractivity contribution in [2.24, 2.45) is 5.92 Å². The van der Waals surface area contributed by atoms with Gasteiger partial charge in [-0.15, -0.1) is 0 Å². The van der Waals surface area contributed by atoms with Crippen LogP contribution in [0.25, 0.3) is 0 Å². The quantitative estimate of drug-likeness (QED) is 0.488. The van der Waals surface area contributed by atoms with E-state index in [9.17, 15) is 9.59 Å². The van der Waals surface area contributed by atoms with Gasteiger partial charge in [0.25, 0.3) is 0 Å². The average Bonchev–Trinajstić information content (AvgIpc) is 2.38. The van der Waals surface area contributed by atoms with E-state index in [4.69, 9.17) is 9.47 Å². The van der Waals surface area contributed by atoms with Gasteiger partial charge in [0.1, 0.15) is 12.4 Å². The molecule has 0 aliphatic rings. The number of carbonyl (C=O) groups excluding carboxylic acids is 2. The third kappa shape index (κ3) is 12.3. The van der Waals surface area contributed by atoms with Crippen molar-refractivity contribution in [1.82, 2.24) is 0 Å². The topological polar surface area (TPSA) is 52.6 Å². The van der Waals surface area contributed by atoms with Crippen molar-refractivity contribution in [2.75, 3.05) is 19.8 Å². The Morgan fingerprint density at radius 1 is 0.900 bits per heavy atom. The maximum absolute atomic E-state index is 11.6. The summed E-state index contributed by atoms with van der Waals surface area (Å²) in [4.78, 5) is 22.9. The van der Waals surface area contributed by atoms with E-state index in [1.54, 1.807) is 0 Å². The maximum atomic E-state index is 11.6. The Balaban J connectivity index is 3.33. The van der Waals surface area contributed by atoms with Gasteiger partial charge in [-0.3, -0.25) is 9.59 Å². The van der Waals surface area contributed by atoms with E-state index in [-0.39, 0.29) is 30.2 Å². The smallest absolute Gasteiger partial charge is 0.160 e. The summed E-state index contributed by atoms with van der Waals surface area (Å²) in [6.45, 7) is 9.13. The summed E-state index contributed by atoms with van der Waals surface area (Å²) in [5.74, 6) is 0.450. The van der Waals surface area contributed by atoms with Crippen LogP contribution in [0.4, 0.5) is 0 Å². The van der Waals surface area contributed by atoms with Crippen LogP contribution in [0.15, 0.2) is 0 Å². The standard InChI is InChI=1S/C16H30O4/c1-13(2)16(18)12-19-10-6-5-8-15(17)9-7-11-20-14(3)4/h13-14H,5-12H2,1-4H3. The van der Waals surface area contributed by atoms with Gasteiger partial charge in [-0.2, -0.15) is 0 Å². The highest BCUT2D eigenvalue weighted by molar-refractivity contribution is 5.81. The zero-order valence-electron chi connectivity index (χ0n) is 13.4. The summed E-state index contributed by atoms with van der Waals surface area (Å²) < 4.78 is 10.7. The normalized spacial score (nSPS) is 11.3. The van der Waals surface area contributed by atoms with Crippen molar-refractivity contribution < 1.29 is 19.1 Å². The Hall–Kier alpha value is -0.740. The number of hydrogen-bond donors (Lipinski definition) is 0. The second-order valence-electron chi connectivity index (χ2n) is 5.69. The molecule has 0 aromatic carbocycles. The first-order chi connectivity index (χ1) is 9.43. The molecule has 0 fully saturated rings. The van der Waals surface area contributed by atoms with Gasteiger partial charge in [0.05, 0.1) is 6.10 Å². The Bertz CT molecular complexity index is 272. The predicted octanol–water partition coefficient (Wildman–Crippen LogP) is 3.17. The van der Waals surface area contributed by atoms with Gasteiger partial charge in [-0.25, -0.2) is 0 Å². The molecule has 0 aromatic heterocycles. The first-order valence-electron chi connectivity index (χ1n) is 7.67. The number of unbranched alkanes of at least 4 members (excludes halogenated alkanes) is 1. The van der Waals surface area contributed by atoms with Crippen LogP contribution in [0.5, 0.6) is 0 Å². The zero-order valence-corrected chi connectivity index (χ0v) is 13.4. The van der Waals surface area contributed by atoms with E-state index >= 15 is 0 Å². The van der Waals surface area contributed by atoms with Crippen LogP contribution in [0.2, 0.25) is 0 Å². The minimum absolute atomic E-state index is 0.0321. The number of ether oxygens (including phenoxy) is 2. The second kappa shape index (κ2) is 12.0. The zero-order chi connectivity index (χ0) is 15.4. The second-order valence-corrected chi connectivity index (χ2v) is 5.69. The monoisotopic (exact) mass is 286 g/mol. The third-order valence-corrected chi connectivity index (χ3v) is 2.93. The summed E-state index contributed by atoms with van der Waals surface area (Å²) >= 11 is 0. The largest absolute Gasteiger partial charge is 0.379 e. The molecule has 0 N–H and O–H groups in total. The van der Waals surface area contributed by atoms with Gasteiger partial charge in [-0.1, -0.05) is 13.8 Å². The number of carbonyl (C=O) groups is 2. The molecule has 0 aliphatic heterocycles. The fraction of sp³-hybridized carbons (Fsp3) is 0.875.